The van der Waals surface area contributed by atoms with Crippen LogP contribution in [0.15, 0.2) is 23.1 Å². The van der Waals surface area contributed by atoms with Gasteiger partial charge >= 0.3 is 10.2 Å². The summed E-state index contributed by atoms with van der Waals surface area (Å²) in [6, 6.07) is 3.60. The van der Waals surface area contributed by atoms with E-state index in [2.05, 4.69) is 0 Å². The molecule has 0 aromatic heterocycles. The highest BCUT2D eigenvalue weighted by Gasteiger charge is 2.13. The van der Waals surface area contributed by atoms with Gasteiger partial charge in [-0.05, 0) is 18.2 Å². The van der Waals surface area contributed by atoms with Crippen molar-refractivity contribution in [1.29, 1.82) is 5.26 Å². The van der Waals surface area contributed by atoms with E-state index in [0.29, 0.717) is 6.07 Å². The van der Waals surface area contributed by atoms with E-state index in [1.165, 1.54) is 6.07 Å². The van der Waals surface area contributed by atoms with Crippen LogP contribution in [-0.4, -0.2) is 8.42 Å². The van der Waals surface area contributed by atoms with Crippen molar-refractivity contribution in [3.05, 3.63) is 29.6 Å². The number of halogens is 2. The van der Waals surface area contributed by atoms with Crippen molar-refractivity contribution in [3.8, 4) is 6.07 Å². The van der Waals surface area contributed by atoms with Gasteiger partial charge in [-0.2, -0.15) is 13.7 Å². The lowest BCUT2D eigenvalue weighted by atomic mass is 10.2. The van der Waals surface area contributed by atoms with E-state index in [1.807, 2.05) is 0 Å². The van der Waals surface area contributed by atoms with E-state index >= 15 is 0 Å². The molecule has 0 radical (unpaired) electrons. The molecule has 0 N–H and O–H groups in total. The minimum atomic E-state index is -4.95. The Labute approximate surface area is 73.4 Å². The molecule has 0 heterocycles. The summed E-state index contributed by atoms with van der Waals surface area (Å²) in [6.07, 6.45) is 0. The standard InChI is InChI=1S/C7H3F2NO2S/c8-6-1-5(4-10)2-7(3-6)13(9,11)12/h1-3H. The zero-order chi connectivity index (χ0) is 10.1. The van der Waals surface area contributed by atoms with Crippen LogP contribution in [0.5, 0.6) is 0 Å². The molecule has 0 unspecified atom stereocenters. The topological polar surface area (TPSA) is 57.9 Å². The molecule has 0 fully saturated rings. The molecule has 1 aromatic carbocycles. The predicted molar refractivity (Wildman–Crippen MR) is 39.4 cm³/mol. The molecule has 3 nitrogen and oxygen atoms in total. The average Bonchev–Trinajstić information content (AvgIpc) is 2.01. The van der Waals surface area contributed by atoms with Crippen LogP contribution >= 0.6 is 0 Å². The first-order valence-corrected chi connectivity index (χ1v) is 4.47. The Morgan fingerprint density at radius 2 is 1.92 bits per heavy atom. The number of hydrogen-bond donors (Lipinski definition) is 0. The van der Waals surface area contributed by atoms with Gasteiger partial charge in [0.15, 0.2) is 0 Å². The lowest BCUT2D eigenvalue weighted by Crippen LogP contribution is -1.94. The van der Waals surface area contributed by atoms with E-state index in [9.17, 15) is 16.7 Å². The summed E-state index contributed by atoms with van der Waals surface area (Å²) in [5.74, 6) is -0.963. The van der Waals surface area contributed by atoms with Crippen molar-refractivity contribution in [3.63, 3.8) is 0 Å². The first kappa shape index (κ1) is 9.61. The van der Waals surface area contributed by atoms with Gasteiger partial charge < -0.3 is 0 Å². The second-order valence-corrected chi connectivity index (χ2v) is 3.57. The fourth-order valence-electron chi connectivity index (χ4n) is 0.768. The summed E-state index contributed by atoms with van der Waals surface area (Å²) in [7, 11) is -4.95. The quantitative estimate of drug-likeness (QED) is 0.647. The van der Waals surface area contributed by atoms with Gasteiger partial charge in [0.1, 0.15) is 10.7 Å². The second kappa shape index (κ2) is 3.11. The molecule has 0 saturated carbocycles. The van der Waals surface area contributed by atoms with Gasteiger partial charge in [0.2, 0.25) is 0 Å². The molecule has 0 aliphatic carbocycles. The van der Waals surface area contributed by atoms with Crippen molar-refractivity contribution in [1.82, 2.24) is 0 Å². The van der Waals surface area contributed by atoms with Gasteiger partial charge in [0, 0.05) is 0 Å². The largest absolute Gasteiger partial charge is 0.332 e. The van der Waals surface area contributed by atoms with Crippen LogP contribution in [0.4, 0.5) is 8.28 Å². The molecule has 0 aliphatic rings. The monoisotopic (exact) mass is 203 g/mol. The van der Waals surface area contributed by atoms with Gasteiger partial charge in [-0.3, -0.25) is 0 Å². The molecule has 0 aliphatic heterocycles. The Kier molecular flexibility index (Phi) is 2.30. The number of nitriles is 1. The highest BCUT2D eigenvalue weighted by atomic mass is 32.3. The molecule has 0 amide bonds. The van der Waals surface area contributed by atoms with E-state index in [4.69, 9.17) is 5.26 Å². The van der Waals surface area contributed by atoms with E-state index < -0.39 is 20.9 Å². The number of nitrogens with zero attached hydrogens (tertiary/aromatic N) is 1. The smallest absolute Gasteiger partial charge is 0.207 e. The van der Waals surface area contributed by atoms with E-state index in [0.717, 1.165) is 12.1 Å². The molecular weight excluding hydrogens is 200 g/mol. The summed E-state index contributed by atoms with van der Waals surface area (Å²) in [5.41, 5.74) is -0.240. The maximum absolute atomic E-state index is 12.6. The number of rotatable bonds is 1. The average molecular weight is 203 g/mol. The summed E-state index contributed by atoms with van der Waals surface area (Å²) in [5, 5.41) is 8.32. The third-order valence-electron chi connectivity index (χ3n) is 1.28. The van der Waals surface area contributed by atoms with Crippen molar-refractivity contribution in [2.24, 2.45) is 0 Å². The summed E-state index contributed by atoms with van der Waals surface area (Å²) in [6.45, 7) is 0. The molecular formula is C7H3F2NO2S. The van der Waals surface area contributed by atoms with Crippen LogP contribution in [0.2, 0.25) is 0 Å². The van der Waals surface area contributed by atoms with Crippen molar-refractivity contribution >= 4 is 10.2 Å². The minimum absolute atomic E-state index is 0.240. The lowest BCUT2D eigenvalue weighted by Gasteiger charge is -1.95. The zero-order valence-electron chi connectivity index (χ0n) is 6.16. The zero-order valence-corrected chi connectivity index (χ0v) is 6.98. The Hall–Kier alpha value is -1.48. The molecule has 13 heavy (non-hydrogen) atoms. The van der Waals surface area contributed by atoms with Crippen LogP contribution in [0, 0.1) is 17.1 Å². The first-order valence-electron chi connectivity index (χ1n) is 3.09. The first-order chi connectivity index (χ1) is 5.93. The molecule has 1 aromatic rings. The van der Waals surface area contributed by atoms with E-state index in [-0.39, 0.29) is 5.56 Å². The maximum Gasteiger partial charge on any atom is 0.332 e. The fourth-order valence-corrected chi connectivity index (χ4v) is 1.29. The molecule has 0 saturated heterocycles. The second-order valence-electron chi connectivity index (χ2n) is 2.23. The number of benzene rings is 1. The van der Waals surface area contributed by atoms with E-state index in [1.54, 1.807) is 0 Å². The van der Waals surface area contributed by atoms with Crippen LogP contribution in [0.1, 0.15) is 5.56 Å². The van der Waals surface area contributed by atoms with Crippen LogP contribution in [-0.2, 0) is 10.2 Å². The van der Waals surface area contributed by atoms with Crippen molar-refractivity contribution in [2.75, 3.05) is 0 Å². The Morgan fingerprint density at radius 1 is 1.31 bits per heavy atom. The predicted octanol–water partition coefficient (Wildman–Crippen LogP) is 1.36. The summed E-state index contributed by atoms with van der Waals surface area (Å²) < 4.78 is 45.5. The summed E-state index contributed by atoms with van der Waals surface area (Å²) in [4.78, 5) is -0.843. The lowest BCUT2D eigenvalue weighted by molar-refractivity contribution is 0.549. The van der Waals surface area contributed by atoms with Crippen LogP contribution < -0.4 is 0 Å². The van der Waals surface area contributed by atoms with Gasteiger partial charge in [0.25, 0.3) is 0 Å². The van der Waals surface area contributed by atoms with Crippen LogP contribution in [0.3, 0.4) is 0 Å². The Morgan fingerprint density at radius 3 is 2.38 bits per heavy atom. The van der Waals surface area contributed by atoms with Gasteiger partial charge in [-0.15, -0.1) is 3.89 Å². The van der Waals surface area contributed by atoms with Crippen molar-refractivity contribution < 1.29 is 16.7 Å². The highest BCUT2D eigenvalue weighted by Crippen LogP contribution is 2.15. The normalized spacial score (nSPS) is 10.8. The SMILES string of the molecule is N#Cc1cc(F)cc(S(=O)(=O)F)c1. The van der Waals surface area contributed by atoms with Crippen LogP contribution in [0.25, 0.3) is 0 Å². The third-order valence-corrected chi connectivity index (χ3v) is 2.08. The summed E-state index contributed by atoms with van der Waals surface area (Å²) >= 11 is 0. The van der Waals surface area contributed by atoms with Gasteiger partial charge in [0.05, 0.1) is 11.6 Å². The molecule has 1 rings (SSSR count). The highest BCUT2D eigenvalue weighted by molar-refractivity contribution is 7.86. The Balaban J connectivity index is 3.44. The maximum atomic E-state index is 12.6. The van der Waals surface area contributed by atoms with Gasteiger partial charge in [-0.1, -0.05) is 0 Å². The minimum Gasteiger partial charge on any atom is -0.207 e. The molecule has 0 spiro atoms. The van der Waals surface area contributed by atoms with Gasteiger partial charge in [-0.25, -0.2) is 4.39 Å². The molecule has 6 heteroatoms. The van der Waals surface area contributed by atoms with Crippen molar-refractivity contribution in [2.45, 2.75) is 4.90 Å². The number of hydrogen-bond acceptors (Lipinski definition) is 3. The molecule has 68 valence electrons. The Bertz CT molecular complexity index is 476. The molecule has 0 atom stereocenters. The third kappa shape index (κ3) is 2.23. The molecule has 0 bridgehead atoms. The fraction of sp³-hybridized carbons (Fsp3) is 0.